The molecule has 0 saturated carbocycles. The van der Waals surface area contributed by atoms with Crippen molar-refractivity contribution < 1.29 is 49.0 Å². The average molecular weight is 650 g/mol. The number of anilines is 1. The van der Waals surface area contributed by atoms with Gasteiger partial charge in [-0.05, 0) is 37.1 Å². The third-order valence-electron chi connectivity index (χ3n) is 7.03. The van der Waals surface area contributed by atoms with Gasteiger partial charge >= 0.3 is 19.1 Å². The quantitative estimate of drug-likeness (QED) is 0.0237. The molecule has 1 atom stereocenters. The molecule has 46 heavy (non-hydrogen) atoms. The Balaban J connectivity index is 1.85. The van der Waals surface area contributed by atoms with Crippen LogP contribution in [0.25, 0.3) is 0 Å². The number of hydrazine groups is 1. The van der Waals surface area contributed by atoms with Crippen LogP contribution in [0.15, 0.2) is 24.3 Å². The van der Waals surface area contributed by atoms with Gasteiger partial charge in [-0.2, -0.15) is 0 Å². The number of carboxylic acids is 2. The van der Waals surface area contributed by atoms with E-state index in [0.29, 0.717) is 51.0 Å². The van der Waals surface area contributed by atoms with Gasteiger partial charge in [0.15, 0.2) is 0 Å². The van der Waals surface area contributed by atoms with Gasteiger partial charge in [0.2, 0.25) is 5.91 Å². The Labute approximate surface area is 266 Å². The molecule has 1 aromatic rings. The van der Waals surface area contributed by atoms with Gasteiger partial charge in [0, 0.05) is 51.4 Å². The third kappa shape index (κ3) is 14.8. The lowest BCUT2D eigenvalue weighted by atomic mass is 9.78. The first-order valence-corrected chi connectivity index (χ1v) is 14.8. The van der Waals surface area contributed by atoms with Gasteiger partial charge in [-0.15, -0.1) is 0 Å². The standard InChI is InChI=1S/C27H43BN8O10/c37-15-9-29-7-11-34(13-14-35(19-26(42)43)12-8-30-17-25(40)41)18-23(38)33-32-21-5-3-20(4-6-21)27(44)31-16-24(39)36-10-1-2-22(36)28(45)46/h3-6,15,22,29-30,32,45-46H,1-2,7-14,16-19H2,(H,31,44)(H,33,38)(H,40,41)(H,42,43)/t22-/m0/s1. The van der Waals surface area contributed by atoms with E-state index in [1.165, 1.54) is 17.0 Å². The number of benzene rings is 1. The van der Waals surface area contributed by atoms with E-state index in [4.69, 9.17) is 5.11 Å². The zero-order valence-corrected chi connectivity index (χ0v) is 25.5. The van der Waals surface area contributed by atoms with Gasteiger partial charge in [0.05, 0.1) is 44.4 Å². The lowest BCUT2D eigenvalue weighted by molar-refractivity contribution is -0.139. The predicted octanol–water partition coefficient (Wildman–Crippen LogP) is -3.99. The van der Waals surface area contributed by atoms with Gasteiger partial charge in [0.1, 0.15) is 6.29 Å². The van der Waals surface area contributed by atoms with Crippen LogP contribution in [0, 0.1) is 0 Å². The van der Waals surface area contributed by atoms with E-state index in [1.54, 1.807) is 21.9 Å². The molecular weight excluding hydrogens is 607 g/mol. The maximum Gasteiger partial charge on any atom is 0.475 e. The fourth-order valence-corrected chi connectivity index (χ4v) is 4.71. The van der Waals surface area contributed by atoms with Crippen LogP contribution < -0.4 is 26.8 Å². The highest BCUT2D eigenvalue weighted by atomic mass is 16.4. The van der Waals surface area contributed by atoms with Crippen molar-refractivity contribution in [2.24, 2.45) is 0 Å². The molecule has 18 nitrogen and oxygen atoms in total. The van der Waals surface area contributed by atoms with Crippen LogP contribution in [0.1, 0.15) is 23.2 Å². The molecular formula is C27H43BN8O10. The summed E-state index contributed by atoms with van der Waals surface area (Å²) in [6, 6.07) is 6.10. The summed E-state index contributed by atoms with van der Waals surface area (Å²) >= 11 is 0. The molecule has 19 heteroatoms. The Bertz CT molecular complexity index is 1160. The van der Waals surface area contributed by atoms with E-state index in [-0.39, 0.29) is 57.9 Å². The summed E-state index contributed by atoms with van der Waals surface area (Å²) < 4.78 is 0. The molecule has 9 N–H and O–H groups in total. The maximum atomic E-state index is 12.7. The minimum absolute atomic E-state index is 0.0619. The van der Waals surface area contributed by atoms with Crippen LogP contribution in [-0.2, 0) is 24.0 Å². The van der Waals surface area contributed by atoms with Crippen LogP contribution in [0.3, 0.4) is 0 Å². The lowest BCUT2D eigenvalue weighted by Crippen LogP contribution is -2.48. The molecule has 1 heterocycles. The summed E-state index contributed by atoms with van der Waals surface area (Å²) in [5.41, 5.74) is 6.06. The van der Waals surface area contributed by atoms with Crippen molar-refractivity contribution in [3.8, 4) is 0 Å². The Kier molecular flexibility index (Phi) is 17.2. The highest BCUT2D eigenvalue weighted by Crippen LogP contribution is 2.18. The molecule has 2 rings (SSSR count). The first-order valence-electron chi connectivity index (χ1n) is 14.8. The summed E-state index contributed by atoms with van der Waals surface area (Å²) in [6.45, 7) is 1.56. The summed E-state index contributed by atoms with van der Waals surface area (Å²) in [5.74, 6) is -4.09. The van der Waals surface area contributed by atoms with Crippen molar-refractivity contribution >= 4 is 48.8 Å². The first-order chi connectivity index (χ1) is 22.0. The number of likely N-dealkylation sites (tertiary alicyclic amines) is 1. The van der Waals surface area contributed by atoms with Crippen molar-refractivity contribution in [2.75, 3.05) is 84.0 Å². The van der Waals surface area contributed by atoms with Crippen molar-refractivity contribution in [1.82, 2.24) is 36.1 Å². The van der Waals surface area contributed by atoms with Gasteiger partial charge in [-0.25, -0.2) is 0 Å². The maximum absolute atomic E-state index is 12.7. The SMILES string of the molecule is O=CCNCCN(CCN(CCNCC(=O)O)CC(=O)O)CC(=O)NNc1ccc(C(=O)NCC(=O)N2CCC[C@H]2B(O)O)cc1. The number of nitrogens with zero attached hydrogens (tertiary/aromatic N) is 3. The zero-order chi connectivity index (χ0) is 33.9. The van der Waals surface area contributed by atoms with Crippen LogP contribution in [-0.4, -0.2) is 163 Å². The average Bonchev–Trinajstić information content (AvgIpc) is 3.52. The van der Waals surface area contributed by atoms with E-state index < -0.39 is 42.7 Å². The number of aldehydes is 1. The molecule has 1 fully saturated rings. The molecule has 0 bridgehead atoms. The number of rotatable bonds is 23. The number of aliphatic carboxylic acids is 2. The Hall–Kier alpha value is -4.14. The second-order valence-electron chi connectivity index (χ2n) is 10.5. The molecule has 0 radical (unpaired) electrons. The molecule has 1 aliphatic heterocycles. The van der Waals surface area contributed by atoms with Crippen LogP contribution in [0.2, 0.25) is 0 Å². The molecule has 1 aliphatic rings. The lowest BCUT2D eigenvalue weighted by Gasteiger charge is -2.26. The summed E-state index contributed by atoms with van der Waals surface area (Å²) in [6.07, 6.45) is 1.83. The van der Waals surface area contributed by atoms with Gasteiger partial charge in [0.25, 0.3) is 11.8 Å². The van der Waals surface area contributed by atoms with Crippen molar-refractivity contribution in [3.63, 3.8) is 0 Å². The van der Waals surface area contributed by atoms with Crippen molar-refractivity contribution in [2.45, 2.75) is 18.8 Å². The molecule has 254 valence electrons. The number of hydrogen-bond donors (Lipinski definition) is 9. The monoisotopic (exact) mass is 650 g/mol. The number of carbonyl (C=O) groups excluding carboxylic acids is 4. The molecule has 0 aliphatic carbocycles. The van der Waals surface area contributed by atoms with E-state index in [2.05, 4.69) is 26.8 Å². The first kappa shape index (κ1) is 38.0. The van der Waals surface area contributed by atoms with Gasteiger partial charge < -0.3 is 45.9 Å². The normalized spacial score (nSPS) is 14.3. The summed E-state index contributed by atoms with van der Waals surface area (Å²) in [4.78, 5) is 75.0. The highest BCUT2D eigenvalue weighted by Gasteiger charge is 2.36. The third-order valence-corrected chi connectivity index (χ3v) is 7.03. The smallest absolute Gasteiger partial charge is 0.475 e. The minimum atomic E-state index is -1.64. The van der Waals surface area contributed by atoms with Crippen LogP contribution in [0.5, 0.6) is 0 Å². The molecule has 1 aromatic carbocycles. The number of hydrogen-bond acceptors (Lipinski definition) is 13. The molecule has 3 amide bonds. The fraction of sp³-hybridized carbons (Fsp3) is 0.556. The predicted molar refractivity (Wildman–Crippen MR) is 165 cm³/mol. The second-order valence-corrected chi connectivity index (χ2v) is 10.5. The Morgan fingerprint density at radius 1 is 0.891 bits per heavy atom. The number of nitrogens with one attached hydrogen (secondary N) is 5. The molecule has 0 spiro atoms. The molecule has 1 saturated heterocycles. The van der Waals surface area contributed by atoms with E-state index >= 15 is 0 Å². The van der Waals surface area contributed by atoms with Crippen molar-refractivity contribution in [3.05, 3.63) is 29.8 Å². The van der Waals surface area contributed by atoms with Crippen LogP contribution >= 0.6 is 0 Å². The summed E-state index contributed by atoms with van der Waals surface area (Å²) in [7, 11) is -1.64. The number of amides is 3. The van der Waals surface area contributed by atoms with Gasteiger partial charge in [-0.3, -0.25) is 44.6 Å². The van der Waals surface area contributed by atoms with Crippen LogP contribution in [0.4, 0.5) is 5.69 Å². The van der Waals surface area contributed by atoms with Gasteiger partial charge in [-0.1, -0.05) is 0 Å². The largest absolute Gasteiger partial charge is 0.480 e. The topological polar surface area (TPSA) is 253 Å². The van der Waals surface area contributed by atoms with E-state index in [1.807, 2.05) is 0 Å². The minimum Gasteiger partial charge on any atom is -0.480 e. The fourth-order valence-electron chi connectivity index (χ4n) is 4.71. The summed E-state index contributed by atoms with van der Waals surface area (Å²) in [5, 5.41) is 45.0. The zero-order valence-electron chi connectivity index (χ0n) is 25.5. The molecule has 0 aromatic heterocycles. The highest BCUT2D eigenvalue weighted by molar-refractivity contribution is 6.43. The second kappa shape index (κ2) is 20.8. The van der Waals surface area contributed by atoms with E-state index in [9.17, 15) is 43.9 Å². The van der Waals surface area contributed by atoms with E-state index in [0.717, 1.165) is 0 Å². The molecule has 0 unspecified atom stereocenters. The van der Waals surface area contributed by atoms with Crippen molar-refractivity contribution in [1.29, 1.82) is 0 Å². The number of carbonyl (C=O) groups is 6. The number of carboxylic acid groups (broad SMARTS) is 2. The Morgan fingerprint density at radius 2 is 1.54 bits per heavy atom. The Morgan fingerprint density at radius 3 is 2.15 bits per heavy atom.